The summed E-state index contributed by atoms with van der Waals surface area (Å²) in [6.45, 7) is 3.08. The first-order valence-electron chi connectivity index (χ1n) is 5.57. The zero-order valence-corrected chi connectivity index (χ0v) is 9.64. The second-order valence-corrected chi connectivity index (χ2v) is 3.98. The maximum atomic E-state index is 11.6. The van der Waals surface area contributed by atoms with Gasteiger partial charge in [-0.3, -0.25) is 0 Å². The number of phenolic OH excluding ortho intramolecular Hbond substituents is 2. The van der Waals surface area contributed by atoms with Crippen molar-refractivity contribution in [2.45, 2.75) is 19.9 Å². The average Bonchev–Trinajstić information content (AvgIpc) is 2.30. The van der Waals surface area contributed by atoms with Crippen molar-refractivity contribution in [3.63, 3.8) is 0 Å². The standard InChI is InChI=1S/C12H15NO4/c1-2-17-12(16)13-4-3-8-5-10(14)11(15)6-9(8)7-13/h5-6,14-15H,2-4,7H2,1H3. The topological polar surface area (TPSA) is 70.0 Å². The van der Waals surface area contributed by atoms with Gasteiger partial charge in [0.1, 0.15) is 0 Å². The fourth-order valence-electron chi connectivity index (χ4n) is 1.95. The highest BCUT2D eigenvalue weighted by atomic mass is 16.6. The van der Waals surface area contributed by atoms with Crippen molar-refractivity contribution in [3.05, 3.63) is 23.3 Å². The lowest BCUT2D eigenvalue weighted by Crippen LogP contribution is -2.36. The normalized spacial score (nSPS) is 14.3. The molecule has 1 aromatic rings. The third kappa shape index (κ3) is 2.27. The summed E-state index contributed by atoms with van der Waals surface area (Å²) in [6.07, 6.45) is 0.313. The SMILES string of the molecule is CCOC(=O)N1CCc2cc(O)c(O)cc2C1. The summed E-state index contributed by atoms with van der Waals surface area (Å²) in [5, 5.41) is 18.8. The number of nitrogens with zero attached hydrogens (tertiary/aromatic N) is 1. The van der Waals surface area contributed by atoms with Crippen LogP contribution in [0, 0.1) is 0 Å². The molecule has 0 radical (unpaired) electrons. The molecule has 1 aliphatic rings. The Kier molecular flexibility index (Phi) is 3.08. The van der Waals surface area contributed by atoms with Crippen LogP contribution in [-0.2, 0) is 17.7 Å². The molecule has 1 aliphatic heterocycles. The van der Waals surface area contributed by atoms with Crippen LogP contribution in [0.25, 0.3) is 0 Å². The molecule has 5 nitrogen and oxygen atoms in total. The zero-order valence-electron chi connectivity index (χ0n) is 9.64. The van der Waals surface area contributed by atoms with Gasteiger partial charge in [-0.15, -0.1) is 0 Å². The first-order chi connectivity index (χ1) is 8.11. The van der Waals surface area contributed by atoms with Crippen molar-refractivity contribution >= 4 is 6.09 Å². The Hall–Kier alpha value is -1.91. The van der Waals surface area contributed by atoms with Crippen LogP contribution in [0.5, 0.6) is 11.5 Å². The number of carbonyl (C=O) groups excluding carboxylic acids is 1. The molecule has 2 N–H and O–H groups in total. The lowest BCUT2D eigenvalue weighted by Gasteiger charge is -2.28. The molecule has 0 saturated carbocycles. The number of benzene rings is 1. The smallest absolute Gasteiger partial charge is 0.410 e. The van der Waals surface area contributed by atoms with Crippen molar-refractivity contribution in [3.8, 4) is 11.5 Å². The molecular formula is C12H15NO4. The van der Waals surface area contributed by atoms with Crippen molar-refractivity contribution in [1.29, 1.82) is 0 Å². The van der Waals surface area contributed by atoms with Gasteiger partial charge in [0.05, 0.1) is 6.61 Å². The van der Waals surface area contributed by atoms with Crippen molar-refractivity contribution in [2.75, 3.05) is 13.2 Å². The maximum absolute atomic E-state index is 11.6. The quantitative estimate of drug-likeness (QED) is 0.728. The zero-order chi connectivity index (χ0) is 12.4. The van der Waals surface area contributed by atoms with Crippen LogP contribution < -0.4 is 0 Å². The van der Waals surface area contributed by atoms with E-state index in [2.05, 4.69) is 0 Å². The van der Waals surface area contributed by atoms with E-state index in [1.807, 2.05) is 0 Å². The van der Waals surface area contributed by atoms with E-state index in [1.165, 1.54) is 6.07 Å². The van der Waals surface area contributed by atoms with Gasteiger partial charge in [0.25, 0.3) is 0 Å². The van der Waals surface area contributed by atoms with Crippen molar-refractivity contribution in [2.24, 2.45) is 0 Å². The number of ether oxygens (including phenoxy) is 1. The third-order valence-electron chi connectivity index (χ3n) is 2.84. The van der Waals surface area contributed by atoms with Gasteiger partial charge >= 0.3 is 6.09 Å². The minimum absolute atomic E-state index is 0.117. The second kappa shape index (κ2) is 4.53. The minimum Gasteiger partial charge on any atom is -0.504 e. The number of hydrogen-bond donors (Lipinski definition) is 2. The highest BCUT2D eigenvalue weighted by Gasteiger charge is 2.22. The molecule has 0 aliphatic carbocycles. The molecule has 92 valence electrons. The molecule has 0 atom stereocenters. The van der Waals surface area contributed by atoms with E-state index in [9.17, 15) is 15.0 Å². The highest BCUT2D eigenvalue weighted by Crippen LogP contribution is 2.31. The van der Waals surface area contributed by atoms with Crippen LogP contribution in [0.15, 0.2) is 12.1 Å². The Bertz CT molecular complexity index is 444. The van der Waals surface area contributed by atoms with Gasteiger partial charge in [0, 0.05) is 13.1 Å². The fraction of sp³-hybridized carbons (Fsp3) is 0.417. The number of phenols is 2. The number of rotatable bonds is 1. The van der Waals surface area contributed by atoms with Gasteiger partial charge in [0.2, 0.25) is 0 Å². The first-order valence-corrected chi connectivity index (χ1v) is 5.57. The van der Waals surface area contributed by atoms with Crippen molar-refractivity contribution in [1.82, 2.24) is 4.90 Å². The summed E-state index contributed by atoms with van der Waals surface area (Å²) >= 11 is 0. The molecule has 0 saturated heterocycles. The molecule has 0 aromatic heterocycles. The molecule has 5 heteroatoms. The summed E-state index contributed by atoms with van der Waals surface area (Å²) in [6, 6.07) is 3.04. The van der Waals surface area contributed by atoms with E-state index >= 15 is 0 Å². The Morgan fingerprint density at radius 3 is 2.65 bits per heavy atom. The molecule has 0 fully saturated rings. The number of fused-ring (bicyclic) bond motifs is 1. The summed E-state index contributed by atoms with van der Waals surface area (Å²) < 4.78 is 4.93. The summed E-state index contributed by atoms with van der Waals surface area (Å²) in [7, 11) is 0. The Balaban J connectivity index is 2.18. The number of hydrogen-bond acceptors (Lipinski definition) is 4. The molecule has 0 bridgehead atoms. The minimum atomic E-state index is -0.342. The van der Waals surface area contributed by atoms with Gasteiger partial charge in [0.15, 0.2) is 11.5 Å². The highest BCUT2D eigenvalue weighted by molar-refractivity contribution is 5.68. The summed E-state index contributed by atoms with van der Waals surface area (Å²) in [5.74, 6) is -0.275. The van der Waals surface area contributed by atoms with Crippen LogP contribution in [0.4, 0.5) is 4.79 Å². The van der Waals surface area contributed by atoms with E-state index in [-0.39, 0.29) is 17.6 Å². The maximum Gasteiger partial charge on any atom is 0.410 e. The number of aromatic hydroxyl groups is 2. The average molecular weight is 237 g/mol. The van der Waals surface area contributed by atoms with Crippen LogP contribution in [0.2, 0.25) is 0 Å². The largest absolute Gasteiger partial charge is 0.504 e. The molecule has 1 aromatic carbocycles. The Morgan fingerprint density at radius 2 is 2.00 bits per heavy atom. The molecule has 0 unspecified atom stereocenters. The summed E-state index contributed by atoms with van der Waals surface area (Å²) in [5.41, 5.74) is 1.81. The van der Waals surface area contributed by atoms with E-state index in [0.717, 1.165) is 11.1 Å². The van der Waals surface area contributed by atoms with E-state index < -0.39 is 0 Å². The van der Waals surface area contributed by atoms with Crippen LogP contribution in [0.1, 0.15) is 18.1 Å². The van der Waals surface area contributed by atoms with Gasteiger partial charge in [-0.1, -0.05) is 0 Å². The Morgan fingerprint density at radius 1 is 1.35 bits per heavy atom. The fourth-order valence-corrected chi connectivity index (χ4v) is 1.95. The predicted molar refractivity (Wildman–Crippen MR) is 60.9 cm³/mol. The summed E-state index contributed by atoms with van der Waals surface area (Å²) in [4.78, 5) is 13.1. The number of carbonyl (C=O) groups is 1. The third-order valence-corrected chi connectivity index (χ3v) is 2.84. The van der Waals surface area contributed by atoms with Gasteiger partial charge in [-0.2, -0.15) is 0 Å². The lowest BCUT2D eigenvalue weighted by atomic mass is 9.99. The monoisotopic (exact) mass is 237 g/mol. The lowest BCUT2D eigenvalue weighted by molar-refractivity contribution is 0.102. The predicted octanol–water partition coefficient (Wildman–Crippen LogP) is 1.61. The van der Waals surface area contributed by atoms with E-state index in [1.54, 1.807) is 17.9 Å². The molecule has 1 amide bonds. The van der Waals surface area contributed by atoms with Gasteiger partial charge < -0.3 is 19.8 Å². The van der Waals surface area contributed by atoms with Crippen LogP contribution >= 0.6 is 0 Å². The molecule has 2 rings (SSSR count). The molecule has 1 heterocycles. The van der Waals surface area contributed by atoms with Crippen molar-refractivity contribution < 1.29 is 19.7 Å². The first kappa shape index (κ1) is 11.6. The molecule has 0 spiro atoms. The molecular weight excluding hydrogens is 222 g/mol. The Labute approximate surface area is 99.2 Å². The van der Waals surface area contributed by atoms with Gasteiger partial charge in [-0.05, 0) is 36.6 Å². The second-order valence-electron chi connectivity index (χ2n) is 3.98. The van der Waals surface area contributed by atoms with Crippen LogP contribution in [0.3, 0.4) is 0 Å². The van der Waals surface area contributed by atoms with Crippen LogP contribution in [-0.4, -0.2) is 34.4 Å². The number of amides is 1. The van der Waals surface area contributed by atoms with Gasteiger partial charge in [-0.25, -0.2) is 4.79 Å². The van der Waals surface area contributed by atoms with E-state index in [4.69, 9.17) is 4.74 Å². The van der Waals surface area contributed by atoms with E-state index in [0.29, 0.717) is 26.1 Å². The molecule has 17 heavy (non-hydrogen) atoms.